The summed E-state index contributed by atoms with van der Waals surface area (Å²) in [5.74, 6) is -0.0935. The molecule has 0 aliphatic carbocycles. The van der Waals surface area contributed by atoms with E-state index in [9.17, 15) is 4.79 Å². The van der Waals surface area contributed by atoms with Crippen LogP contribution in [0.1, 0.15) is 34.6 Å². The van der Waals surface area contributed by atoms with Gasteiger partial charge in [0, 0.05) is 48.6 Å². The fraction of sp³-hybridized carbons (Fsp3) is 0.222. The Morgan fingerprint density at radius 1 is 1.09 bits per heavy atom. The Balaban J connectivity index is 1.43. The Labute approximate surface area is 209 Å². The smallest absolute Gasteiger partial charge is 0.252 e. The van der Waals surface area contributed by atoms with E-state index < -0.39 is 0 Å². The van der Waals surface area contributed by atoms with Crippen LogP contribution < -0.4 is 5.32 Å². The fourth-order valence-electron chi connectivity index (χ4n) is 3.62. The first-order valence-electron chi connectivity index (χ1n) is 11.4. The summed E-state index contributed by atoms with van der Waals surface area (Å²) >= 11 is 1.55. The van der Waals surface area contributed by atoms with Crippen molar-refractivity contribution in [1.82, 2.24) is 20.5 Å². The molecule has 0 fully saturated rings. The lowest BCUT2D eigenvalue weighted by Crippen LogP contribution is -2.26. The van der Waals surface area contributed by atoms with Crippen molar-refractivity contribution in [2.45, 2.75) is 28.9 Å². The van der Waals surface area contributed by atoms with Crippen molar-refractivity contribution in [1.29, 1.82) is 0 Å². The molecule has 7 nitrogen and oxygen atoms in total. The van der Waals surface area contributed by atoms with Gasteiger partial charge in [0.25, 0.3) is 5.91 Å². The normalized spacial score (nSPS) is 11.5. The molecule has 0 bridgehead atoms. The Morgan fingerprint density at radius 2 is 1.91 bits per heavy atom. The Hall–Kier alpha value is -3.46. The minimum Gasteiger partial charge on any atom is -0.356 e. The molecular weight excluding hydrogens is 460 g/mol. The summed E-state index contributed by atoms with van der Waals surface area (Å²) in [5.41, 5.74) is 3.31. The number of aromatic amines is 1. The van der Waals surface area contributed by atoms with Crippen LogP contribution in [0.15, 0.2) is 76.7 Å². The van der Waals surface area contributed by atoms with Gasteiger partial charge in [0.2, 0.25) is 0 Å². The van der Waals surface area contributed by atoms with Gasteiger partial charge in [-0.2, -0.15) is 5.10 Å². The number of amides is 1. The molecular formula is C27H28N4O3S. The number of benzene rings is 2. The van der Waals surface area contributed by atoms with Crippen LogP contribution in [-0.4, -0.2) is 48.1 Å². The van der Waals surface area contributed by atoms with Crippen LogP contribution in [0, 0.1) is 0 Å². The van der Waals surface area contributed by atoms with Crippen molar-refractivity contribution in [2.24, 2.45) is 0 Å². The number of aromatic nitrogens is 3. The molecule has 0 saturated carbocycles. The average molecular weight is 489 g/mol. The standard InChI is InChI=1S/C27H28N4O3S/c1-33-26(34-2)11-7-17-29-27(32)22-9-3-4-10-25(22)35-20-13-14-21-23(30-31-24(21)18-20)15-12-19-8-5-6-16-28-19/h3-6,8-10,12-16,18,26H,7,11,17H2,1-2H3,(H,29,32)(H,30,31)/b15-12+. The lowest BCUT2D eigenvalue weighted by molar-refractivity contribution is -0.106. The molecule has 35 heavy (non-hydrogen) atoms. The van der Waals surface area contributed by atoms with E-state index in [1.165, 1.54) is 0 Å². The number of H-pyrrole nitrogens is 1. The number of methoxy groups -OCH3 is 2. The first-order valence-corrected chi connectivity index (χ1v) is 12.2. The van der Waals surface area contributed by atoms with E-state index in [4.69, 9.17) is 9.47 Å². The van der Waals surface area contributed by atoms with E-state index in [1.807, 2.05) is 66.7 Å². The van der Waals surface area contributed by atoms with Crippen molar-refractivity contribution in [3.8, 4) is 0 Å². The largest absolute Gasteiger partial charge is 0.356 e. The molecule has 180 valence electrons. The Bertz CT molecular complexity index is 1290. The maximum atomic E-state index is 12.8. The highest BCUT2D eigenvalue weighted by Crippen LogP contribution is 2.33. The minimum atomic E-state index is -0.252. The second kappa shape index (κ2) is 12.3. The molecule has 1 amide bonds. The van der Waals surface area contributed by atoms with Crippen molar-refractivity contribution in [3.63, 3.8) is 0 Å². The van der Waals surface area contributed by atoms with Crippen molar-refractivity contribution in [3.05, 3.63) is 83.8 Å². The highest BCUT2D eigenvalue weighted by atomic mass is 32.2. The van der Waals surface area contributed by atoms with E-state index in [0.717, 1.165) is 38.5 Å². The van der Waals surface area contributed by atoms with E-state index >= 15 is 0 Å². The molecule has 0 atom stereocenters. The zero-order valence-corrected chi connectivity index (χ0v) is 20.5. The van der Waals surface area contributed by atoms with Crippen LogP contribution in [0.4, 0.5) is 0 Å². The van der Waals surface area contributed by atoms with Gasteiger partial charge in [-0.25, -0.2) is 0 Å². The summed E-state index contributed by atoms with van der Waals surface area (Å²) in [5, 5.41) is 11.6. The SMILES string of the molecule is COC(CCCNC(=O)c1ccccc1Sc1ccc2c(/C=C/c3ccccn3)n[nH]c2c1)OC. The number of nitrogens with zero attached hydrogens (tertiary/aromatic N) is 2. The summed E-state index contributed by atoms with van der Waals surface area (Å²) in [7, 11) is 3.22. The third kappa shape index (κ3) is 6.57. The highest BCUT2D eigenvalue weighted by molar-refractivity contribution is 7.99. The van der Waals surface area contributed by atoms with Gasteiger partial charge in [0.05, 0.1) is 22.5 Å². The van der Waals surface area contributed by atoms with E-state index in [-0.39, 0.29) is 12.2 Å². The third-order valence-electron chi connectivity index (χ3n) is 5.45. The third-order valence-corrected chi connectivity index (χ3v) is 6.52. The van der Waals surface area contributed by atoms with E-state index in [2.05, 4.69) is 26.6 Å². The maximum Gasteiger partial charge on any atom is 0.252 e. The van der Waals surface area contributed by atoms with Gasteiger partial charge in [-0.1, -0.05) is 30.0 Å². The fourth-order valence-corrected chi connectivity index (χ4v) is 4.60. The summed E-state index contributed by atoms with van der Waals surface area (Å²) < 4.78 is 10.4. The second-order valence-electron chi connectivity index (χ2n) is 7.80. The van der Waals surface area contributed by atoms with Gasteiger partial charge in [-0.05, 0) is 61.0 Å². The van der Waals surface area contributed by atoms with Crippen LogP contribution in [0.3, 0.4) is 0 Å². The van der Waals surface area contributed by atoms with Gasteiger partial charge < -0.3 is 14.8 Å². The predicted molar refractivity (Wildman–Crippen MR) is 139 cm³/mol. The molecule has 0 radical (unpaired) electrons. The molecule has 0 spiro atoms. The first-order chi connectivity index (χ1) is 17.2. The molecule has 2 aromatic heterocycles. The number of nitrogens with one attached hydrogen (secondary N) is 2. The molecule has 2 aromatic carbocycles. The number of hydrogen-bond acceptors (Lipinski definition) is 6. The number of fused-ring (bicyclic) bond motifs is 1. The van der Waals surface area contributed by atoms with E-state index in [1.54, 1.807) is 32.2 Å². The molecule has 4 rings (SSSR count). The first kappa shape index (κ1) is 24.7. The lowest BCUT2D eigenvalue weighted by atomic mass is 10.2. The van der Waals surface area contributed by atoms with Crippen LogP contribution in [0.25, 0.3) is 23.1 Å². The summed E-state index contributed by atoms with van der Waals surface area (Å²) in [6.07, 6.45) is 6.89. The Kier molecular flexibility index (Phi) is 8.67. The second-order valence-corrected chi connectivity index (χ2v) is 8.92. The number of carbonyl (C=O) groups is 1. The molecule has 0 aliphatic rings. The number of carbonyl (C=O) groups excluding carboxylic acids is 1. The summed E-state index contributed by atoms with van der Waals surface area (Å²) in [6, 6.07) is 19.6. The maximum absolute atomic E-state index is 12.8. The Morgan fingerprint density at radius 3 is 2.71 bits per heavy atom. The molecule has 0 unspecified atom stereocenters. The summed E-state index contributed by atoms with van der Waals surface area (Å²) in [4.78, 5) is 19.0. The van der Waals surface area contributed by atoms with Gasteiger partial charge >= 0.3 is 0 Å². The zero-order chi connectivity index (χ0) is 24.5. The number of rotatable bonds is 11. The van der Waals surface area contributed by atoms with Crippen molar-refractivity contribution >= 4 is 40.7 Å². The molecule has 0 aliphatic heterocycles. The van der Waals surface area contributed by atoms with Crippen molar-refractivity contribution in [2.75, 3.05) is 20.8 Å². The van der Waals surface area contributed by atoms with Crippen LogP contribution in [-0.2, 0) is 9.47 Å². The van der Waals surface area contributed by atoms with Gasteiger partial charge in [-0.15, -0.1) is 0 Å². The number of pyridine rings is 1. The predicted octanol–water partition coefficient (Wildman–Crippen LogP) is 5.41. The zero-order valence-electron chi connectivity index (χ0n) is 19.7. The number of hydrogen-bond donors (Lipinski definition) is 2. The van der Waals surface area contributed by atoms with Gasteiger partial charge in [-0.3, -0.25) is 14.9 Å². The van der Waals surface area contributed by atoms with Gasteiger partial charge in [0.1, 0.15) is 0 Å². The molecule has 4 aromatic rings. The quantitative estimate of drug-likeness (QED) is 0.217. The molecule has 2 heterocycles. The minimum absolute atomic E-state index is 0.0935. The average Bonchev–Trinajstić information content (AvgIpc) is 3.30. The monoisotopic (exact) mass is 488 g/mol. The van der Waals surface area contributed by atoms with Gasteiger partial charge in [0.15, 0.2) is 6.29 Å². The molecule has 0 saturated heterocycles. The van der Waals surface area contributed by atoms with Crippen molar-refractivity contribution < 1.29 is 14.3 Å². The number of ether oxygens (including phenoxy) is 2. The lowest BCUT2D eigenvalue weighted by Gasteiger charge is -2.13. The molecule has 8 heteroatoms. The topological polar surface area (TPSA) is 89.1 Å². The summed E-state index contributed by atoms with van der Waals surface area (Å²) in [6.45, 7) is 0.552. The van der Waals surface area contributed by atoms with Crippen LogP contribution >= 0.6 is 11.8 Å². The van der Waals surface area contributed by atoms with E-state index in [0.29, 0.717) is 18.5 Å². The van der Waals surface area contributed by atoms with Crippen LogP contribution in [0.5, 0.6) is 0 Å². The van der Waals surface area contributed by atoms with Crippen LogP contribution in [0.2, 0.25) is 0 Å². The highest BCUT2D eigenvalue weighted by Gasteiger charge is 2.13. The molecule has 2 N–H and O–H groups in total.